The van der Waals surface area contributed by atoms with Crippen molar-refractivity contribution < 1.29 is 22.6 Å². The average Bonchev–Trinajstić information content (AvgIpc) is 2.61. The molecule has 0 saturated carbocycles. The van der Waals surface area contributed by atoms with Crippen molar-refractivity contribution in [3.63, 3.8) is 0 Å². The van der Waals surface area contributed by atoms with E-state index < -0.39 is 10.0 Å². The molecule has 1 N–H and O–H groups in total. The highest BCUT2D eigenvalue weighted by Gasteiger charge is 2.27. The summed E-state index contributed by atoms with van der Waals surface area (Å²) in [4.78, 5) is 6.33. The molecule has 27 heavy (non-hydrogen) atoms. The summed E-state index contributed by atoms with van der Waals surface area (Å²) in [5, 5.41) is 3.24. The lowest BCUT2D eigenvalue weighted by atomic mass is 10.4. The summed E-state index contributed by atoms with van der Waals surface area (Å²) in [6.45, 7) is 8.48. The Bertz CT molecular complexity index is 511. The summed E-state index contributed by atoms with van der Waals surface area (Å²) in [5.74, 6) is 0.789. The number of rotatable bonds is 11. The monoisotopic (exact) mass is 522 g/mol. The number of guanidine groups is 1. The van der Waals surface area contributed by atoms with E-state index in [1.54, 1.807) is 14.2 Å². The van der Waals surface area contributed by atoms with Gasteiger partial charge in [-0.3, -0.25) is 4.99 Å². The van der Waals surface area contributed by atoms with Gasteiger partial charge in [0.05, 0.1) is 38.3 Å². The minimum absolute atomic E-state index is 0. The molecular weight excluding hydrogens is 487 g/mol. The van der Waals surface area contributed by atoms with Crippen LogP contribution in [0.2, 0.25) is 0 Å². The maximum absolute atomic E-state index is 12.4. The zero-order chi connectivity index (χ0) is 19.4. The third-order valence-corrected chi connectivity index (χ3v) is 5.73. The Morgan fingerprint density at radius 1 is 1.11 bits per heavy atom. The first-order chi connectivity index (χ1) is 12.4. The fourth-order valence-corrected chi connectivity index (χ4v) is 3.79. The van der Waals surface area contributed by atoms with Crippen LogP contribution in [-0.4, -0.2) is 109 Å². The zero-order valence-electron chi connectivity index (χ0n) is 16.8. The number of ether oxygens (including phenoxy) is 3. The molecule has 1 fully saturated rings. The van der Waals surface area contributed by atoms with Crippen LogP contribution in [0.25, 0.3) is 0 Å². The van der Waals surface area contributed by atoms with Gasteiger partial charge in [-0.05, 0) is 13.8 Å². The highest BCUT2D eigenvalue weighted by Crippen LogP contribution is 2.09. The summed E-state index contributed by atoms with van der Waals surface area (Å²) < 4.78 is 42.0. The van der Waals surface area contributed by atoms with Crippen LogP contribution in [0.15, 0.2) is 4.99 Å². The normalized spacial score (nSPS) is 16.5. The van der Waals surface area contributed by atoms with Gasteiger partial charge in [0, 0.05) is 46.9 Å². The van der Waals surface area contributed by atoms with E-state index >= 15 is 0 Å². The van der Waals surface area contributed by atoms with Crippen molar-refractivity contribution in [3.8, 4) is 0 Å². The first-order valence-electron chi connectivity index (χ1n) is 9.02. The Hall–Kier alpha value is -0.210. The zero-order valence-corrected chi connectivity index (χ0v) is 20.0. The number of nitrogens with zero attached hydrogens (tertiary/aromatic N) is 3. The third kappa shape index (κ3) is 10.8. The number of aliphatic imine (C=N–C) groups is 1. The van der Waals surface area contributed by atoms with Crippen molar-refractivity contribution in [2.75, 3.05) is 79.1 Å². The number of sulfonamides is 1. The maximum atomic E-state index is 12.4. The number of piperazine rings is 1. The Labute approximate surface area is 180 Å². The molecule has 1 saturated heterocycles. The molecule has 0 aromatic rings. The van der Waals surface area contributed by atoms with Crippen molar-refractivity contribution in [2.24, 2.45) is 4.99 Å². The Balaban J connectivity index is 0.00000676. The Morgan fingerprint density at radius 2 is 1.78 bits per heavy atom. The molecule has 9 nitrogen and oxygen atoms in total. The minimum Gasteiger partial charge on any atom is -0.382 e. The van der Waals surface area contributed by atoms with Crippen molar-refractivity contribution in [2.45, 2.75) is 20.0 Å². The molecule has 1 aliphatic heterocycles. The number of methoxy groups -OCH3 is 1. The fourth-order valence-electron chi connectivity index (χ4n) is 2.51. The summed E-state index contributed by atoms with van der Waals surface area (Å²) in [7, 11) is 0.0871. The topological polar surface area (TPSA) is 92.7 Å². The van der Waals surface area contributed by atoms with Gasteiger partial charge < -0.3 is 24.4 Å². The standard InChI is InChI=1S/C16H34N4O5S.HI/c1-15(2)25-13-14-26(21,22)20-8-6-19(7-9-20)16(17-3)18-5-10-24-12-11-23-4;/h15H,5-14H2,1-4H3,(H,17,18);1H. The van der Waals surface area contributed by atoms with E-state index in [2.05, 4.69) is 15.2 Å². The van der Waals surface area contributed by atoms with Crippen LogP contribution in [0.3, 0.4) is 0 Å². The van der Waals surface area contributed by atoms with E-state index in [0.29, 0.717) is 52.5 Å². The van der Waals surface area contributed by atoms with Gasteiger partial charge in [0.25, 0.3) is 0 Å². The summed E-state index contributed by atoms with van der Waals surface area (Å²) in [6.07, 6.45) is 0.0370. The Morgan fingerprint density at radius 3 is 2.33 bits per heavy atom. The van der Waals surface area contributed by atoms with E-state index in [4.69, 9.17) is 14.2 Å². The van der Waals surface area contributed by atoms with E-state index in [9.17, 15) is 8.42 Å². The number of hydrogen-bond acceptors (Lipinski definition) is 6. The summed E-state index contributed by atoms with van der Waals surface area (Å²) in [6, 6.07) is 0. The summed E-state index contributed by atoms with van der Waals surface area (Å²) >= 11 is 0. The van der Waals surface area contributed by atoms with Crippen molar-refractivity contribution in [1.82, 2.24) is 14.5 Å². The highest BCUT2D eigenvalue weighted by molar-refractivity contribution is 14.0. The van der Waals surface area contributed by atoms with E-state index in [1.807, 2.05) is 13.8 Å². The van der Waals surface area contributed by atoms with Gasteiger partial charge in [-0.1, -0.05) is 0 Å². The van der Waals surface area contributed by atoms with Gasteiger partial charge in [-0.15, -0.1) is 24.0 Å². The minimum atomic E-state index is -3.28. The van der Waals surface area contributed by atoms with E-state index in [0.717, 1.165) is 5.96 Å². The quantitative estimate of drug-likeness (QED) is 0.180. The molecule has 0 unspecified atom stereocenters. The van der Waals surface area contributed by atoms with Gasteiger partial charge in [-0.2, -0.15) is 4.31 Å². The molecule has 0 bridgehead atoms. The number of nitrogens with one attached hydrogen (secondary N) is 1. The second-order valence-corrected chi connectivity index (χ2v) is 8.29. The molecule has 1 rings (SSSR count). The van der Waals surface area contributed by atoms with Crippen LogP contribution in [0.5, 0.6) is 0 Å². The van der Waals surface area contributed by atoms with E-state index in [1.165, 1.54) is 4.31 Å². The third-order valence-electron chi connectivity index (χ3n) is 3.90. The van der Waals surface area contributed by atoms with Crippen LogP contribution in [0, 0.1) is 0 Å². The van der Waals surface area contributed by atoms with Gasteiger partial charge in [-0.25, -0.2) is 8.42 Å². The van der Waals surface area contributed by atoms with Crippen LogP contribution < -0.4 is 5.32 Å². The second-order valence-electron chi connectivity index (χ2n) is 6.20. The molecule has 11 heteroatoms. The van der Waals surface area contributed by atoms with Crippen LogP contribution >= 0.6 is 24.0 Å². The molecule has 0 radical (unpaired) electrons. The molecule has 0 aromatic carbocycles. The van der Waals surface area contributed by atoms with Crippen molar-refractivity contribution >= 4 is 40.0 Å². The second kappa shape index (κ2) is 14.7. The molecule has 0 aromatic heterocycles. The SMILES string of the molecule is CN=C(NCCOCCOC)N1CCN(S(=O)(=O)CCOC(C)C)CC1.I. The summed E-state index contributed by atoms with van der Waals surface area (Å²) in [5.41, 5.74) is 0. The fraction of sp³-hybridized carbons (Fsp3) is 0.938. The van der Waals surface area contributed by atoms with Crippen LogP contribution in [0.4, 0.5) is 0 Å². The largest absolute Gasteiger partial charge is 0.382 e. The van der Waals surface area contributed by atoms with Crippen molar-refractivity contribution in [3.05, 3.63) is 0 Å². The molecule has 1 heterocycles. The highest BCUT2D eigenvalue weighted by atomic mass is 127. The lowest BCUT2D eigenvalue weighted by molar-refractivity contribution is 0.0730. The predicted molar refractivity (Wildman–Crippen MR) is 117 cm³/mol. The van der Waals surface area contributed by atoms with Gasteiger partial charge in [0.15, 0.2) is 5.96 Å². The lowest BCUT2D eigenvalue weighted by Gasteiger charge is -2.35. The van der Waals surface area contributed by atoms with Crippen LogP contribution in [0.1, 0.15) is 13.8 Å². The maximum Gasteiger partial charge on any atom is 0.216 e. The first kappa shape index (κ1) is 26.8. The Kier molecular flexibility index (Phi) is 14.6. The predicted octanol–water partition coefficient (Wildman–Crippen LogP) is 0.215. The van der Waals surface area contributed by atoms with Crippen molar-refractivity contribution in [1.29, 1.82) is 0 Å². The van der Waals surface area contributed by atoms with Gasteiger partial charge in [0.1, 0.15) is 0 Å². The molecule has 0 atom stereocenters. The van der Waals surface area contributed by atoms with Gasteiger partial charge in [0.2, 0.25) is 10.0 Å². The molecule has 162 valence electrons. The van der Waals surface area contributed by atoms with Gasteiger partial charge >= 0.3 is 0 Å². The van der Waals surface area contributed by atoms with E-state index in [-0.39, 0.29) is 42.4 Å². The number of hydrogen-bond donors (Lipinski definition) is 1. The van der Waals surface area contributed by atoms with Crippen LogP contribution in [-0.2, 0) is 24.2 Å². The molecule has 0 spiro atoms. The molecule has 1 aliphatic rings. The molecule has 0 amide bonds. The molecule has 0 aliphatic carbocycles. The first-order valence-corrected chi connectivity index (χ1v) is 10.6. The average molecular weight is 522 g/mol. The smallest absolute Gasteiger partial charge is 0.216 e. The number of halogens is 1. The molecular formula is C16H35IN4O5S. The lowest BCUT2D eigenvalue weighted by Crippen LogP contribution is -2.54.